The average Bonchev–Trinajstić information content (AvgIpc) is 3.96. The van der Waals surface area contributed by atoms with Gasteiger partial charge in [0.25, 0.3) is 0 Å². The van der Waals surface area contributed by atoms with E-state index in [9.17, 15) is 0 Å². The summed E-state index contributed by atoms with van der Waals surface area (Å²) < 4.78 is 11.5. The fraction of sp³-hybridized carbons (Fsp3) is 0. The first kappa shape index (κ1) is 31.9. The zero-order valence-corrected chi connectivity index (χ0v) is 31.2. The molecule has 0 saturated heterocycles. The van der Waals surface area contributed by atoms with Crippen molar-refractivity contribution >= 4 is 75.3 Å². The maximum Gasteiger partial charge on any atom is 0.164 e. The second-order valence-electron chi connectivity index (χ2n) is 14.3. The maximum atomic E-state index is 6.56. The average molecular weight is 747 g/mol. The number of para-hydroxylation sites is 2. The van der Waals surface area contributed by atoms with Crippen molar-refractivity contribution in [1.82, 2.24) is 19.5 Å². The van der Waals surface area contributed by atoms with Gasteiger partial charge in [-0.05, 0) is 48.0 Å². The van der Waals surface area contributed by atoms with Crippen LogP contribution >= 0.6 is 11.3 Å². The van der Waals surface area contributed by atoms with Crippen molar-refractivity contribution in [3.63, 3.8) is 0 Å². The summed E-state index contributed by atoms with van der Waals surface area (Å²) in [5.74, 6) is 1.88. The Morgan fingerprint density at radius 2 is 0.930 bits per heavy atom. The van der Waals surface area contributed by atoms with Crippen LogP contribution in [0.25, 0.3) is 115 Å². The van der Waals surface area contributed by atoms with E-state index in [2.05, 4.69) is 114 Å². The maximum absolute atomic E-state index is 6.56. The first-order valence-electron chi connectivity index (χ1n) is 19.0. The van der Waals surface area contributed by atoms with Crippen LogP contribution in [0.2, 0.25) is 0 Å². The summed E-state index contributed by atoms with van der Waals surface area (Å²) in [6, 6.07) is 63.7. The largest absolute Gasteiger partial charge is 0.456 e. The van der Waals surface area contributed by atoms with Crippen LogP contribution in [0, 0.1) is 0 Å². The minimum atomic E-state index is 0.612. The Bertz CT molecular complexity index is 3420. The number of hydrogen-bond acceptors (Lipinski definition) is 5. The molecule has 0 fully saturated rings. The molecule has 0 radical (unpaired) electrons. The van der Waals surface area contributed by atoms with Crippen LogP contribution < -0.4 is 0 Å². The Labute approximate surface area is 330 Å². The van der Waals surface area contributed by atoms with Crippen molar-refractivity contribution in [3.05, 3.63) is 182 Å². The molecule has 0 atom stereocenters. The molecular weight excluding hydrogens is 717 g/mol. The summed E-state index contributed by atoms with van der Waals surface area (Å²) in [5, 5.41) is 7.10. The lowest BCUT2D eigenvalue weighted by molar-refractivity contribution is 0.669. The number of rotatable bonds is 5. The zero-order chi connectivity index (χ0) is 37.5. The molecule has 8 aromatic carbocycles. The number of thiophene rings is 1. The molecule has 0 amide bonds. The number of hydrogen-bond donors (Lipinski definition) is 0. The zero-order valence-electron chi connectivity index (χ0n) is 30.4. The molecule has 0 N–H and O–H groups in total. The third kappa shape index (κ3) is 4.98. The Morgan fingerprint density at radius 1 is 0.386 bits per heavy atom. The van der Waals surface area contributed by atoms with Crippen LogP contribution in [-0.2, 0) is 0 Å². The minimum Gasteiger partial charge on any atom is -0.456 e. The van der Waals surface area contributed by atoms with Crippen molar-refractivity contribution in [1.29, 1.82) is 0 Å². The number of nitrogens with zero attached hydrogens (tertiary/aromatic N) is 4. The van der Waals surface area contributed by atoms with E-state index in [4.69, 9.17) is 19.4 Å². The van der Waals surface area contributed by atoms with Crippen LogP contribution in [0.15, 0.2) is 186 Å². The van der Waals surface area contributed by atoms with Gasteiger partial charge in [-0.15, -0.1) is 11.3 Å². The molecule has 0 spiro atoms. The summed E-state index contributed by atoms with van der Waals surface area (Å²) >= 11 is 1.86. The lowest BCUT2D eigenvalue weighted by Crippen LogP contribution is -2.00. The topological polar surface area (TPSA) is 56.7 Å². The standard InChI is InChI=1S/C51H30N4OS/c1-3-14-31(15-4-1)49-52-50(32-16-5-2-6-17-32)54-51(53-49)33-28-29-44-40(30-33)46-36(20-13-27-45(46)56-44)37-21-11-22-38-39-23-12-26-43(48(39)57-47(37)38)55-41-24-9-7-18-34(41)35-19-8-10-25-42(35)55/h1-30H. The van der Waals surface area contributed by atoms with Gasteiger partial charge in [0, 0.05) is 59.3 Å². The van der Waals surface area contributed by atoms with Crippen molar-refractivity contribution < 1.29 is 4.42 Å². The second-order valence-corrected chi connectivity index (χ2v) is 15.4. The first-order chi connectivity index (χ1) is 28.3. The molecule has 0 aliphatic heterocycles. The molecular formula is C51H30N4OS. The first-order valence-corrected chi connectivity index (χ1v) is 19.8. The third-order valence-corrected chi connectivity index (χ3v) is 12.3. The van der Waals surface area contributed by atoms with Gasteiger partial charge >= 0.3 is 0 Å². The fourth-order valence-corrected chi connectivity index (χ4v) is 9.84. The SMILES string of the molecule is c1ccc(-c2nc(-c3ccccc3)nc(-c3ccc4oc5cccc(-c6cccc7c6sc6c(-n8c9ccccc9c9ccccc98)cccc67)c5c4c3)n2)cc1. The number of fused-ring (bicyclic) bond motifs is 9. The highest BCUT2D eigenvalue weighted by Crippen LogP contribution is 2.46. The molecule has 0 saturated carbocycles. The monoisotopic (exact) mass is 746 g/mol. The Hall–Kier alpha value is -7.41. The summed E-state index contributed by atoms with van der Waals surface area (Å²) in [6.45, 7) is 0. The number of aromatic nitrogens is 4. The molecule has 266 valence electrons. The second kappa shape index (κ2) is 12.6. The molecule has 5 nitrogen and oxygen atoms in total. The van der Waals surface area contributed by atoms with Crippen LogP contribution in [0.5, 0.6) is 0 Å². The van der Waals surface area contributed by atoms with E-state index in [0.717, 1.165) is 44.2 Å². The molecule has 4 heterocycles. The van der Waals surface area contributed by atoms with E-state index in [0.29, 0.717) is 17.5 Å². The fourth-order valence-electron chi connectivity index (χ4n) is 8.50. The molecule has 12 rings (SSSR count). The van der Waals surface area contributed by atoms with E-state index < -0.39 is 0 Å². The lowest BCUT2D eigenvalue weighted by atomic mass is 9.97. The Balaban J connectivity index is 1.06. The van der Waals surface area contributed by atoms with Crippen molar-refractivity contribution in [2.24, 2.45) is 0 Å². The molecule has 0 aliphatic carbocycles. The quantitative estimate of drug-likeness (QED) is 0.176. The van der Waals surface area contributed by atoms with Gasteiger partial charge in [-0.2, -0.15) is 0 Å². The van der Waals surface area contributed by atoms with Crippen LogP contribution in [0.3, 0.4) is 0 Å². The highest BCUT2D eigenvalue weighted by Gasteiger charge is 2.21. The van der Waals surface area contributed by atoms with Crippen molar-refractivity contribution in [2.45, 2.75) is 0 Å². The lowest BCUT2D eigenvalue weighted by Gasteiger charge is -2.09. The van der Waals surface area contributed by atoms with Gasteiger partial charge in [-0.25, -0.2) is 15.0 Å². The van der Waals surface area contributed by atoms with Crippen LogP contribution in [0.4, 0.5) is 0 Å². The van der Waals surface area contributed by atoms with E-state index in [-0.39, 0.29) is 0 Å². The van der Waals surface area contributed by atoms with Crippen LogP contribution in [0.1, 0.15) is 0 Å². The predicted molar refractivity (Wildman–Crippen MR) is 236 cm³/mol. The van der Waals surface area contributed by atoms with Gasteiger partial charge in [-0.1, -0.05) is 140 Å². The van der Waals surface area contributed by atoms with E-state index >= 15 is 0 Å². The molecule has 0 aliphatic rings. The van der Waals surface area contributed by atoms with Crippen molar-refractivity contribution in [3.8, 4) is 51.0 Å². The smallest absolute Gasteiger partial charge is 0.164 e. The Kier molecular flexibility index (Phi) is 7.03. The normalized spacial score (nSPS) is 11.9. The number of furan rings is 1. The molecule has 0 bridgehead atoms. The highest BCUT2D eigenvalue weighted by molar-refractivity contribution is 7.26. The molecule has 12 aromatic rings. The predicted octanol–water partition coefficient (Wildman–Crippen LogP) is 13.9. The Morgan fingerprint density at radius 3 is 1.61 bits per heavy atom. The molecule has 6 heteroatoms. The van der Waals surface area contributed by atoms with E-state index in [1.165, 1.54) is 53.2 Å². The van der Waals surface area contributed by atoms with Gasteiger partial charge in [-0.3, -0.25) is 0 Å². The third-order valence-electron chi connectivity index (χ3n) is 11.1. The van der Waals surface area contributed by atoms with Gasteiger partial charge < -0.3 is 8.98 Å². The summed E-state index contributed by atoms with van der Waals surface area (Å²) in [7, 11) is 0. The molecule has 4 aromatic heterocycles. The van der Waals surface area contributed by atoms with Gasteiger partial charge in [0.05, 0.1) is 21.4 Å². The number of benzene rings is 8. The van der Waals surface area contributed by atoms with E-state index in [1.54, 1.807) is 0 Å². The summed E-state index contributed by atoms with van der Waals surface area (Å²) in [5.41, 5.74) is 10.3. The van der Waals surface area contributed by atoms with Crippen LogP contribution in [-0.4, -0.2) is 19.5 Å². The van der Waals surface area contributed by atoms with E-state index in [1.807, 2.05) is 84.1 Å². The van der Waals surface area contributed by atoms with Gasteiger partial charge in [0.1, 0.15) is 11.2 Å². The summed E-state index contributed by atoms with van der Waals surface area (Å²) in [6.07, 6.45) is 0. The van der Waals surface area contributed by atoms with Gasteiger partial charge in [0.2, 0.25) is 0 Å². The van der Waals surface area contributed by atoms with Crippen molar-refractivity contribution in [2.75, 3.05) is 0 Å². The highest BCUT2D eigenvalue weighted by atomic mass is 32.1. The minimum absolute atomic E-state index is 0.612. The molecule has 0 unspecified atom stereocenters. The van der Waals surface area contributed by atoms with Gasteiger partial charge in [0.15, 0.2) is 17.5 Å². The molecule has 57 heavy (non-hydrogen) atoms. The summed E-state index contributed by atoms with van der Waals surface area (Å²) in [4.78, 5) is 15.0.